The van der Waals surface area contributed by atoms with Crippen molar-refractivity contribution >= 4 is 12.0 Å². The predicted molar refractivity (Wildman–Crippen MR) is 59.9 cm³/mol. The molecule has 1 fully saturated rings. The van der Waals surface area contributed by atoms with Crippen LogP contribution in [0, 0.1) is 17.2 Å². The molecular formula is C11H17N3O3. The lowest BCUT2D eigenvalue weighted by Gasteiger charge is -2.22. The zero-order chi connectivity index (χ0) is 12.8. The SMILES string of the molecule is CCC(NC(=O)OC)C(=O)N1CCC(C#N)C1. The number of carbonyl (C=O) groups excluding carboxylic acids is 2. The van der Waals surface area contributed by atoms with Gasteiger partial charge < -0.3 is 15.0 Å². The molecule has 1 rings (SSSR count). The first kappa shape index (κ1) is 13.3. The van der Waals surface area contributed by atoms with Crippen LogP contribution in [0.5, 0.6) is 0 Å². The van der Waals surface area contributed by atoms with Crippen LogP contribution in [0.1, 0.15) is 19.8 Å². The molecule has 0 aromatic rings. The van der Waals surface area contributed by atoms with Crippen LogP contribution in [0.4, 0.5) is 4.79 Å². The quantitative estimate of drug-likeness (QED) is 0.777. The molecule has 1 aliphatic rings. The van der Waals surface area contributed by atoms with E-state index in [9.17, 15) is 9.59 Å². The number of nitrogens with one attached hydrogen (secondary N) is 1. The first-order valence-corrected chi connectivity index (χ1v) is 5.65. The van der Waals surface area contributed by atoms with Gasteiger partial charge in [-0.25, -0.2) is 4.79 Å². The number of hydrogen-bond donors (Lipinski definition) is 1. The van der Waals surface area contributed by atoms with Crippen molar-refractivity contribution in [2.75, 3.05) is 20.2 Å². The van der Waals surface area contributed by atoms with E-state index < -0.39 is 12.1 Å². The topological polar surface area (TPSA) is 82.4 Å². The van der Waals surface area contributed by atoms with Gasteiger partial charge in [-0.05, 0) is 12.8 Å². The lowest BCUT2D eigenvalue weighted by Crippen LogP contribution is -2.47. The number of rotatable bonds is 3. The monoisotopic (exact) mass is 239 g/mol. The maximum absolute atomic E-state index is 12.0. The standard InChI is InChI=1S/C11H17N3O3/c1-3-9(13-11(16)17-2)10(15)14-5-4-8(6-12)7-14/h8-9H,3-5,7H2,1-2H3,(H,13,16). The summed E-state index contributed by atoms with van der Waals surface area (Å²) in [6.07, 6.45) is 0.597. The number of likely N-dealkylation sites (tertiary alicyclic amines) is 1. The lowest BCUT2D eigenvalue weighted by atomic mass is 10.1. The van der Waals surface area contributed by atoms with E-state index in [0.717, 1.165) is 0 Å². The molecule has 0 aromatic heterocycles. The molecule has 2 atom stereocenters. The highest BCUT2D eigenvalue weighted by atomic mass is 16.5. The molecule has 0 bridgehead atoms. The largest absolute Gasteiger partial charge is 0.453 e. The lowest BCUT2D eigenvalue weighted by molar-refractivity contribution is -0.132. The van der Waals surface area contributed by atoms with Gasteiger partial charge in [-0.1, -0.05) is 6.92 Å². The van der Waals surface area contributed by atoms with E-state index in [2.05, 4.69) is 16.1 Å². The van der Waals surface area contributed by atoms with Gasteiger partial charge in [-0.15, -0.1) is 0 Å². The molecule has 2 unspecified atom stereocenters. The summed E-state index contributed by atoms with van der Waals surface area (Å²) in [5.74, 6) is -0.231. The highest BCUT2D eigenvalue weighted by Crippen LogP contribution is 2.16. The van der Waals surface area contributed by atoms with Gasteiger partial charge in [0.25, 0.3) is 0 Å². The molecule has 2 amide bonds. The van der Waals surface area contributed by atoms with Crippen LogP contribution >= 0.6 is 0 Å². The average Bonchev–Trinajstić information content (AvgIpc) is 2.83. The number of carbonyl (C=O) groups is 2. The molecule has 1 saturated heterocycles. The van der Waals surface area contributed by atoms with Crippen LogP contribution in [0.25, 0.3) is 0 Å². The van der Waals surface area contributed by atoms with Crippen LogP contribution in [0.2, 0.25) is 0 Å². The fourth-order valence-electron chi connectivity index (χ4n) is 1.83. The van der Waals surface area contributed by atoms with Crippen molar-refractivity contribution < 1.29 is 14.3 Å². The second-order valence-electron chi connectivity index (χ2n) is 4.00. The molecule has 6 nitrogen and oxygen atoms in total. The fraction of sp³-hybridized carbons (Fsp3) is 0.727. The third-order valence-electron chi connectivity index (χ3n) is 2.87. The fourth-order valence-corrected chi connectivity index (χ4v) is 1.83. The molecule has 6 heteroatoms. The molecule has 1 aliphatic heterocycles. The van der Waals surface area contributed by atoms with E-state index in [1.807, 2.05) is 6.92 Å². The number of methoxy groups -OCH3 is 1. The van der Waals surface area contributed by atoms with Gasteiger partial charge in [0, 0.05) is 13.1 Å². The Bertz CT molecular complexity index is 337. The minimum absolute atomic E-state index is 0.0883. The Kier molecular flexibility index (Phi) is 4.76. The van der Waals surface area contributed by atoms with Gasteiger partial charge >= 0.3 is 6.09 Å². The van der Waals surface area contributed by atoms with Crippen molar-refractivity contribution in [2.24, 2.45) is 5.92 Å². The summed E-state index contributed by atoms with van der Waals surface area (Å²) in [6, 6.07) is 1.58. The number of nitrogens with zero attached hydrogens (tertiary/aromatic N) is 2. The summed E-state index contributed by atoms with van der Waals surface area (Å²) in [4.78, 5) is 24.7. The van der Waals surface area contributed by atoms with E-state index in [0.29, 0.717) is 25.9 Å². The maximum atomic E-state index is 12.0. The third kappa shape index (κ3) is 3.34. The Balaban J connectivity index is 2.55. The van der Waals surface area contributed by atoms with Crippen LogP contribution in [-0.4, -0.2) is 43.1 Å². The van der Waals surface area contributed by atoms with Crippen LogP contribution in [0.3, 0.4) is 0 Å². The molecule has 0 spiro atoms. The molecule has 0 aliphatic carbocycles. The highest BCUT2D eigenvalue weighted by Gasteiger charge is 2.30. The summed E-state index contributed by atoms with van der Waals surface area (Å²) in [5, 5.41) is 11.3. The summed E-state index contributed by atoms with van der Waals surface area (Å²) < 4.78 is 4.46. The zero-order valence-electron chi connectivity index (χ0n) is 10.1. The first-order valence-electron chi connectivity index (χ1n) is 5.65. The summed E-state index contributed by atoms with van der Waals surface area (Å²) >= 11 is 0. The van der Waals surface area contributed by atoms with Gasteiger partial charge in [-0.2, -0.15) is 5.26 Å². The summed E-state index contributed by atoms with van der Waals surface area (Å²) in [7, 11) is 1.26. The normalized spacial score (nSPS) is 20.5. The van der Waals surface area contributed by atoms with Gasteiger partial charge in [0.05, 0.1) is 19.1 Å². The highest BCUT2D eigenvalue weighted by molar-refractivity contribution is 5.85. The molecule has 0 radical (unpaired) electrons. The molecule has 94 valence electrons. The number of alkyl carbamates (subject to hydrolysis) is 1. The van der Waals surface area contributed by atoms with E-state index in [4.69, 9.17) is 5.26 Å². The van der Waals surface area contributed by atoms with Crippen LogP contribution in [-0.2, 0) is 9.53 Å². The van der Waals surface area contributed by atoms with Crippen molar-refractivity contribution in [3.63, 3.8) is 0 Å². The molecule has 1 N–H and O–H groups in total. The number of amides is 2. The van der Waals surface area contributed by atoms with E-state index in [1.165, 1.54) is 7.11 Å². The summed E-state index contributed by atoms with van der Waals surface area (Å²) in [6.45, 7) is 2.85. The Hall–Kier alpha value is -1.77. The third-order valence-corrected chi connectivity index (χ3v) is 2.87. The smallest absolute Gasteiger partial charge is 0.407 e. The minimum atomic E-state index is -0.610. The van der Waals surface area contributed by atoms with Crippen LogP contribution < -0.4 is 5.32 Å². The van der Waals surface area contributed by atoms with Crippen LogP contribution in [0.15, 0.2) is 0 Å². The number of ether oxygens (including phenoxy) is 1. The van der Waals surface area contributed by atoms with E-state index in [-0.39, 0.29) is 11.8 Å². The molecule has 0 saturated carbocycles. The van der Waals surface area contributed by atoms with Crippen molar-refractivity contribution in [3.8, 4) is 6.07 Å². The van der Waals surface area contributed by atoms with Gasteiger partial charge in [0.2, 0.25) is 5.91 Å². The molecule has 0 aromatic carbocycles. The Morgan fingerprint density at radius 1 is 1.65 bits per heavy atom. The maximum Gasteiger partial charge on any atom is 0.407 e. The summed E-state index contributed by atoms with van der Waals surface area (Å²) in [5.41, 5.74) is 0. The number of hydrogen-bond acceptors (Lipinski definition) is 4. The zero-order valence-corrected chi connectivity index (χ0v) is 10.1. The van der Waals surface area contributed by atoms with E-state index in [1.54, 1.807) is 4.90 Å². The molecule has 17 heavy (non-hydrogen) atoms. The molecule has 1 heterocycles. The predicted octanol–water partition coefficient (Wildman–Crippen LogP) is 0.493. The Labute approximate surface area is 101 Å². The minimum Gasteiger partial charge on any atom is -0.453 e. The van der Waals surface area contributed by atoms with Crippen molar-refractivity contribution in [3.05, 3.63) is 0 Å². The number of nitriles is 1. The van der Waals surface area contributed by atoms with Gasteiger partial charge in [-0.3, -0.25) is 4.79 Å². The van der Waals surface area contributed by atoms with Crippen molar-refractivity contribution in [1.82, 2.24) is 10.2 Å². The van der Waals surface area contributed by atoms with E-state index >= 15 is 0 Å². The van der Waals surface area contributed by atoms with Crippen molar-refractivity contribution in [1.29, 1.82) is 5.26 Å². The molecular weight excluding hydrogens is 222 g/mol. The Morgan fingerprint density at radius 3 is 2.82 bits per heavy atom. The second kappa shape index (κ2) is 6.09. The van der Waals surface area contributed by atoms with Gasteiger partial charge in [0.15, 0.2) is 0 Å². The van der Waals surface area contributed by atoms with Crippen molar-refractivity contribution in [2.45, 2.75) is 25.8 Å². The van der Waals surface area contributed by atoms with Gasteiger partial charge in [0.1, 0.15) is 6.04 Å². The second-order valence-corrected chi connectivity index (χ2v) is 4.00. The Morgan fingerprint density at radius 2 is 2.35 bits per heavy atom. The first-order chi connectivity index (χ1) is 8.12. The average molecular weight is 239 g/mol.